The maximum absolute atomic E-state index is 5.41. The highest BCUT2D eigenvalue weighted by Crippen LogP contribution is 2.40. The molecule has 3 aromatic heterocycles. The summed E-state index contributed by atoms with van der Waals surface area (Å²) in [7, 11) is 0. The lowest BCUT2D eigenvalue weighted by atomic mass is 9.99. The fraction of sp³-hybridized carbons (Fsp3) is 0. The first-order chi connectivity index (χ1) is 25.8. The van der Waals surface area contributed by atoms with Crippen molar-refractivity contribution in [2.24, 2.45) is 0 Å². The molecule has 0 saturated heterocycles. The van der Waals surface area contributed by atoms with Gasteiger partial charge in [-0.3, -0.25) is 9.13 Å². The van der Waals surface area contributed by atoms with Gasteiger partial charge in [-0.05, 0) is 64.0 Å². The molecule has 3 heterocycles. The van der Waals surface area contributed by atoms with Crippen LogP contribution in [0.5, 0.6) is 0 Å². The predicted octanol–water partition coefficient (Wildman–Crippen LogP) is 11.7. The minimum absolute atomic E-state index is 0.646. The minimum Gasteiger partial charge on any atom is -0.292 e. The number of fused-ring (bicyclic) bond motifs is 8. The van der Waals surface area contributed by atoms with E-state index in [1.165, 1.54) is 10.8 Å². The third kappa shape index (κ3) is 4.26. The Bertz CT molecular complexity index is 3170. The maximum atomic E-state index is 5.41. The minimum atomic E-state index is 0.646. The van der Waals surface area contributed by atoms with Crippen LogP contribution in [0.25, 0.3) is 99.6 Å². The van der Waals surface area contributed by atoms with Crippen molar-refractivity contribution in [1.29, 1.82) is 0 Å². The van der Waals surface area contributed by atoms with Gasteiger partial charge in [0, 0.05) is 33.0 Å². The van der Waals surface area contributed by atoms with E-state index in [1.807, 2.05) is 6.07 Å². The van der Waals surface area contributed by atoms with Crippen LogP contribution in [-0.2, 0) is 0 Å². The summed E-state index contributed by atoms with van der Waals surface area (Å²) in [6.07, 6.45) is 0. The summed E-state index contributed by atoms with van der Waals surface area (Å²) in [4.78, 5) is 15.9. The van der Waals surface area contributed by atoms with Crippen molar-refractivity contribution in [3.8, 4) is 34.3 Å². The Morgan fingerprint density at radius 1 is 0.385 bits per heavy atom. The summed E-state index contributed by atoms with van der Waals surface area (Å²) in [5, 5.41) is 7.98. The van der Waals surface area contributed by atoms with Gasteiger partial charge < -0.3 is 0 Å². The quantitative estimate of drug-likeness (QED) is 0.188. The molecular formula is C47H29N5. The molecule has 0 bridgehead atoms. The van der Waals surface area contributed by atoms with Gasteiger partial charge in [0.05, 0.1) is 33.3 Å². The first-order valence-electron chi connectivity index (χ1n) is 17.5. The highest BCUT2D eigenvalue weighted by Gasteiger charge is 2.21. The molecule has 52 heavy (non-hydrogen) atoms. The highest BCUT2D eigenvalue weighted by atomic mass is 15.2. The second-order valence-electron chi connectivity index (χ2n) is 13.3. The highest BCUT2D eigenvalue weighted by molar-refractivity contribution is 6.23. The third-order valence-corrected chi connectivity index (χ3v) is 10.3. The van der Waals surface area contributed by atoms with E-state index in [1.54, 1.807) is 0 Å². The fourth-order valence-electron chi connectivity index (χ4n) is 8.00. The average molecular weight is 664 g/mol. The van der Waals surface area contributed by atoms with Crippen molar-refractivity contribution in [3.63, 3.8) is 0 Å². The van der Waals surface area contributed by atoms with Crippen molar-refractivity contribution in [1.82, 2.24) is 24.1 Å². The Balaban J connectivity index is 1.21. The van der Waals surface area contributed by atoms with E-state index in [0.29, 0.717) is 5.95 Å². The largest absolute Gasteiger partial charge is 0.292 e. The standard InChI is InChI=1S/C47H29N5/c1-3-15-31(16-4-1)46-48-40-29-38-32(28-43(40)51(46)33-18-5-2-6-19-33)26-27-42-44(38)37-22-10-12-25-41(37)52(42)47-49-39-24-11-9-21-36(39)45(50-47)35-23-13-17-30-14-7-8-20-34(30)35/h1-29H. The molecule has 0 atom stereocenters. The Labute approximate surface area is 298 Å². The van der Waals surface area contributed by atoms with Crippen LogP contribution >= 0.6 is 0 Å². The first kappa shape index (κ1) is 28.7. The number of benzene rings is 8. The van der Waals surface area contributed by atoms with E-state index in [0.717, 1.165) is 82.8 Å². The Kier molecular flexibility index (Phi) is 6.18. The van der Waals surface area contributed by atoms with E-state index < -0.39 is 0 Å². The average Bonchev–Trinajstić information content (AvgIpc) is 3.76. The van der Waals surface area contributed by atoms with Gasteiger partial charge in [-0.2, -0.15) is 0 Å². The number of rotatable bonds is 4. The molecule has 0 amide bonds. The van der Waals surface area contributed by atoms with Gasteiger partial charge in [0.25, 0.3) is 0 Å². The van der Waals surface area contributed by atoms with Crippen LogP contribution in [0.3, 0.4) is 0 Å². The number of aromatic nitrogens is 5. The normalized spacial score (nSPS) is 11.8. The lowest BCUT2D eigenvalue weighted by Crippen LogP contribution is -2.03. The van der Waals surface area contributed by atoms with Crippen molar-refractivity contribution in [3.05, 3.63) is 176 Å². The molecule has 0 aliphatic rings. The summed E-state index contributed by atoms with van der Waals surface area (Å²) in [5.74, 6) is 1.56. The molecule has 11 aromatic rings. The monoisotopic (exact) mass is 663 g/mol. The van der Waals surface area contributed by atoms with E-state index >= 15 is 0 Å². The zero-order valence-corrected chi connectivity index (χ0v) is 28.0. The summed E-state index contributed by atoms with van der Waals surface area (Å²) >= 11 is 0. The zero-order chi connectivity index (χ0) is 34.2. The number of nitrogens with zero attached hydrogens (tertiary/aromatic N) is 5. The van der Waals surface area contributed by atoms with Crippen LogP contribution in [-0.4, -0.2) is 24.1 Å². The molecule has 0 N–H and O–H groups in total. The van der Waals surface area contributed by atoms with Crippen LogP contribution in [0.2, 0.25) is 0 Å². The van der Waals surface area contributed by atoms with E-state index in [-0.39, 0.29) is 0 Å². The van der Waals surface area contributed by atoms with Gasteiger partial charge in [-0.25, -0.2) is 15.0 Å². The molecule has 0 spiro atoms. The maximum Gasteiger partial charge on any atom is 0.235 e. The van der Waals surface area contributed by atoms with Gasteiger partial charge in [0.2, 0.25) is 5.95 Å². The summed E-state index contributed by atoms with van der Waals surface area (Å²) < 4.78 is 4.50. The lowest BCUT2D eigenvalue weighted by molar-refractivity contribution is 1.01. The van der Waals surface area contributed by atoms with E-state index in [9.17, 15) is 0 Å². The molecule has 242 valence electrons. The van der Waals surface area contributed by atoms with Crippen LogP contribution in [0, 0.1) is 0 Å². The topological polar surface area (TPSA) is 48.5 Å². The first-order valence-corrected chi connectivity index (χ1v) is 17.5. The fourth-order valence-corrected chi connectivity index (χ4v) is 8.00. The number of imidazole rings is 1. The third-order valence-electron chi connectivity index (χ3n) is 10.3. The van der Waals surface area contributed by atoms with Crippen molar-refractivity contribution in [2.75, 3.05) is 0 Å². The number of para-hydroxylation sites is 3. The predicted molar refractivity (Wildman–Crippen MR) is 214 cm³/mol. The molecule has 0 aliphatic heterocycles. The lowest BCUT2D eigenvalue weighted by Gasteiger charge is -2.13. The van der Waals surface area contributed by atoms with E-state index in [4.69, 9.17) is 15.0 Å². The van der Waals surface area contributed by atoms with Gasteiger partial charge in [0.15, 0.2) is 0 Å². The van der Waals surface area contributed by atoms with Crippen molar-refractivity contribution in [2.45, 2.75) is 0 Å². The van der Waals surface area contributed by atoms with Crippen molar-refractivity contribution >= 4 is 65.3 Å². The summed E-state index contributed by atoms with van der Waals surface area (Å²) in [5.41, 5.74) is 9.20. The summed E-state index contributed by atoms with van der Waals surface area (Å²) in [6.45, 7) is 0. The molecule has 0 aliphatic carbocycles. The summed E-state index contributed by atoms with van der Waals surface area (Å²) in [6, 6.07) is 61.8. The molecule has 0 fully saturated rings. The molecule has 5 nitrogen and oxygen atoms in total. The van der Waals surface area contributed by atoms with Gasteiger partial charge in [-0.1, -0.05) is 133 Å². The van der Waals surface area contributed by atoms with Gasteiger partial charge >= 0.3 is 0 Å². The van der Waals surface area contributed by atoms with Crippen LogP contribution in [0.4, 0.5) is 0 Å². The van der Waals surface area contributed by atoms with Crippen LogP contribution in [0.1, 0.15) is 0 Å². The Morgan fingerprint density at radius 3 is 1.96 bits per heavy atom. The zero-order valence-electron chi connectivity index (χ0n) is 28.0. The molecule has 5 heteroatoms. The molecule has 11 rings (SSSR count). The second-order valence-corrected chi connectivity index (χ2v) is 13.3. The molecule has 0 radical (unpaired) electrons. The van der Waals surface area contributed by atoms with Gasteiger partial charge in [0.1, 0.15) is 5.82 Å². The number of hydrogen-bond acceptors (Lipinski definition) is 3. The Hall–Kier alpha value is -7.11. The molecular weight excluding hydrogens is 635 g/mol. The Morgan fingerprint density at radius 2 is 1.10 bits per heavy atom. The smallest absolute Gasteiger partial charge is 0.235 e. The molecule has 8 aromatic carbocycles. The van der Waals surface area contributed by atoms with E-state index in [2.05, 4.69) is 179 Å². The molecule has 0 saturated carbocycles. The number of hydrogen-bond donors (Lipinski definition) is 0. The van der Waals surface area contributed by atoms with Crippen LogP contribution in [0.15, 0.2) is 176 Å². The second kappa shape index (κ2) is 11.2. The SMILES string of the molecule is c1ccc(-c2nc3cc4c(ccc5c4c4ccccc4n5-c4nc(-c5cccc6ccccc56)c5ccccc5n4)cc3n2-c2ccccc2)cc1. The van der Waals surface area contributed by atoms with Crippen molar-refractivity contribution < 1.29 is 0 Å². The van der Waals surface area contributed by atoms with Gasteiger partial charge in [-0.15, -0.1) is 0 Å². The molecule has 0 unspecified atom stereocenters. The van der Waals surface area contributed by atoms with Crippen LogP contribution < -0.4 is 0 Å².